The van der Waals surface area contributed by atoms with Crippen LogP contribution in [0.15, 0.2) is 54.1 Å². The van der Waals surface area contributed by atoms with Crippen molar-refractivity contribution in [2.24, 2.45) is 0 Å². The topological polar surface area (TPSA) is 49.0 Å². The van der Waals surface area contributed by atoms with Crippen molar-refractivity contribution >= 4 is 29.1 Å². The Hall–Kier alpha value is -2.66. The molecule has 0 spiro atoms. The van der Waals surface area contributed by atoms with Crippen LogP contribution in [0.4, 0.5) is 5.82 Å². The number of H-pyrrole nitrogens is 1. The number of nitrogens with zero attached hydrogens (tertiary/aromatic N) is 2. The minimum Gasteiger partial charge on any atom is -0.288 e. The van der Waals surface area contributed by atoms with E-state index < -0.39 is 0 Å². The maximum Gasteiger partial charge on any atom is 0.252 e. The first kappa shape index (κ1) is 15.8. The number of rotatable bonds is 5. The number of fused-ring (bicyclic) bond motifs is 1. The van der Waals surface area contributed by atoms with Crippen molar-refractivity contribution in [2.45, 2.75) is 25.8 Å². The molecule has 126 valence electrons. The molecule has 0 unspecified atom stereocenters. The minimum atomic E-state index is -0.0573. The fourth-order valence-electron chi connectivity index (χ4n) is 3.19. The van der Waals surface area contributed by atoms with Gasteiger partial charge in [-0.25, -0.2) is 0 Å². The number of aryl methyl sites for hydroxylation is 2. The normalized spacial score (nSPS) is 13.3. The standard InChI is InChI=1S/C20H19N3OS/c24-20(9-7-15-6-8-16-3-1-4-17(16)13-15)23(19-10-11-21-22-19)14-18-5-2-12-25-18/h2,5-13H,1,3-4,14H2,(H,21,22). The van der Waals surface area contributed by atoms with Crippen molar-refractivity contribution in [3.8, 4) is 0 Å². The Bertz CT molecular complexity index is 882. The SMILES string of the molecule is O=C(C=Cc1ccc2c(c1)CCC2)N(Cc1cccs1)c1ccn[nH]1. The molecule has 0 aliphatic heterocycles. The lowest BCUT2D eigenvalue weighted by Gasteiger charge is -2.18. The molecule has 2 heterocycles. The zero-order valence-electron chi connectivity index (χ0n) is 13.8. The highest BCUT2D eigenvalue weighted by atomic mass is 32.1. The maximum atomic E-state index is 12.8. The summed E-state index contributed by atoms with van der Waals surface area (Å²) in [5.74, 6) is 0.648. The van der Waals surface area contributed by atoms with Crippen LogP contribution >= 0.6 is 11.3 Å². The molecular weight excluding hydrogens is 330 g/mol. The Morgan fingerprint density at radius 2 is 2.16 bits per heavy atom. The molecule has 3 aromatic rings. The fourth-order valence-corrected chi connectivity index (χ4v) is 3.88. The van der Waals surface area contributed by atoms with Gasteiger partial charge < -0.3 is 0 Å². The molecule has 1 aliphatic carbocycles. The highest BCUT2D eigenvalue weighted by Gasteiger charge is 2.16. The molecule has 1 aromatic carbocycles. The summed E-state index contributed by atoms with van der Waals surface area (Å²) >= 11 is 1.64. The van der Waals surface area contributed by atoms with Crippen molar-refractivity contribution in [1.82, 2.24) is 10.2 Å². The Morgan fingerprint density at radius 1 is 1.24 bits per heavy atom. The quantitative estimate of drug-likeness (QED) is 0.702. The van der Waals surface area contributed by atoms with Crippen LogP contribution in [0.1, 0.15) is 28.0 Å². The van der Waals surface area contributed by atoms with Gasteiger partial charge in [-0.15, -0.1) is 11.3 Å². The molecule has 0 saturated carbocycles. The second-order valence-corrected chi connectivity index (χ2v) is 7.19. The summed E-state index contributed by atoms with van der Waals surface area (Å²) in [5.41, 5.74) is 3.94. The van der Waals surface area contributed by atoms with Crippen LogP contribution in [0.3, 0.4) is 0 Å². The van der Waals surface area contributed by atoms with Crippen molar-refractivity contribution in [3.05, 3.63) is 75.6 Å². The Balaban J connectivity index is 1.54. The summed E-state index contributed by atoms with van der Waals surface area (Å²) in [7, 11) is 0. The molecule has 1 amide bonds. The monoisotopic (exact) mass is 349 g/mol. The first-order valence-corrected chi connectivity index (χ1v) is 9.31. The first-order valence-electron chi connectivity index (χ1n) is 8.43. The van der Waals surface area contributed by atoms with Crippen LogP contribution in [0, 0.1) is 0 Å². The molecule has 0 radical (unpaired) electrons. The van der Waals surface area contributed by atoms with Crippen molar-refractivity contribution in [2.75, 3.05) is 4.90 Å². The number of aromatic nitrogens is 2. The number of anilines is 1. The summed E-state index contributed by atoms with van der Waals surface area (Å²) in [5, 5.41) is 8.88. The molecule has 4 rings (SSSR count). The van der Waals surface area contributed by atoms with Gasteiger partial charge in [-0.1, -0.05) is 24.3 Å². The van der Waals surface area contributed by atoms with Crippen LogP contribution in [-0.4, -0.2) is 16.1 Å². The zero-order chi connectivity index (χ0) is 17.1. The van der Waals surface area contributed by atoms with E-state index in [2.05, 4.69) is 28.4 Å². The molecule has 5 heteroatoms. The van der Waals surface area contributed by atoms with Gasteiger partial charge in [0.2, 0.25) is 0 Å². The highest BCUT2D eigenvalue weighted by Crippen LogP contribution is 2.23. The molecule has 1 aliphatic rings. The largest absolute Gasteiger partial charge is 0.288 e. The van der Waals surface area contributed by atoms with Gasteiger partial charge in [0.1, 0.15) is 5.82 Å². The van der Waals surface area contributed by atoms with Crippen LogP contribution in [-0.2, 0) is 24.2 Å². The summed E-state index contributed by atoms with van der Waals surface area (Å²) < 4.78 is 0. The predicted molar refractivity (Wildman–Crippen MR) is 102 cm³/mol. The van der Waals surface area contributed by atoms with E-state index in [1.54, 1.807) is 28.5 Å². The van der Waals surface area contributed by atoms with E-state index in [-0.39, 0.29) is 5.91 Å². The van der Waals surface area contributed by atoms with E-state index in [1.165, 1.54) is 24.0 Å². The molecule has 25 heavy (non-hydrogen) atoms. The van der Waals surface area contributed by atoms with Gasteiger partial charge >= 0.3 is 0 Å². The summed E-state index contributed by atoms with van der Waals surface area (Å²) in [6.45, 7) is 0.535. The number of thiophene rings is 1. The van der Waals surface area contributed by atoms with Gasteiger partial charge in [0.15, 0.2) is 0 Å². The van der Waals surface area contributed by atoms with Crippen molar-refractivity contribution in [3.63, 3.8) is 0 Å². The predicted octanol–water partition coefficient (Wildman–Crippen LogP) is 4.21. The third-order valence-electron chi connectivity index (χ3n) is 4.48. The van der Waals surface area contributed by atoms with E-state index in [9.17, 15) is 4.79 Å². The summed E-state index contributed by atoms with van der Waals surface area (Å²) in [4.78, 5) is 15.6. The van der Waals surface area contributed by atoms with Crippen LogP contribution < -0.4 is 4.90 Å². The molecule has 2 aromatic heterocycles. The Labute approximate surface area is 150 Å². The lowest BCUT2D eigenvalue weighted by Crippen LogP contribution is -2.28. The summed E-state index contributed by atoms with van der Waals surface area (Å²) in [6.07, 6.45) is 8.75. The number of carbonyl (C=O) groups excluding carboxylic acids is 1. The average molecular weight is 349 g/mol. The molecule has 1 N–H and O–H groups in total. The number of hydrogen-bond donors (Lipinski definition) is 1. The van der Waals surface area contributed by atoms with Crippen LogP contribution in [0.5, 0.6) is 0 Å². The molecule has 4 nitrogen and oxygen atoms in total. The van der Waals surface area contributed by atoms with Gasteiger partial charge in [-0.2, -0.15) is 5.10 Å². The average Bonchev–Trinajstić information content (AvgIpc) is 3.39. The van der Waals surface area contributed by atoms with E-state index in [0.717, 1.165) is 16.9 Å². The number of nitrogens with one attached hydrogen (secondary N) is 1. The third kappa shape index (κ3) is 3.56. The van der Waals surface area contributed by atoms with Crippen LogP contribution in [0.25, 0.3) is 6.08 Å². The lowest BCUT2D eigenvalue weighted by molar-refractivity contribution is -0.114. The van der Waals surface area contributed by atoms with Gasteiger partial charge in [-0.05, 0) is 53.5 Å². The molecule has 0 fully saturated rings. The third-order valence-corrected chi connectivity index (χ3v) is 5.34. The van der Waals surface area contributed by atoms with Gasteiger partial charge in [0.05, 0.1) is 12.7 Å². The van der Waals surface area contributed by atoms with Gasteiger partial charge in [0, 0.05) is 17.0 Å². The van der Waals surface area contributed by atoms with Gasteiger partial charge in [-0.3, -0.25) is 14.8 Å². The van der Waals surface area contributed by atoms with Gasteiger partial charge in [0.25, 0.3) is 5.91 Å². The second kappa shape index (κ2) is 7.07. The smallest absolute Gasteiger partial charge is 0.252 e. The van der Waals surface area contributed by atoms with Crippen molar-refractivity contribution < 1.29 is 4.79 Å². The second-order valence-electron chi connectivity index (χ2n) is 6.16. The fraction of sp³-hybridized carbons (Fsp3) is 0.200. The molecular formula is C20H19N3OS. The van der Waals surface area contributed by atoms with E-state index in [4.69, 9.17) is 0 Å². The number of aromatic amines is 1. The lowest BCUT2D eigenvalue weighted by atomic mass is 10.1. The summed E-state index contributed by atoms with van der Waals surface area (Å²) in [6, 6.07) is 12.3. The number of amides is 1. The number of hydrogen-bond acceptors (Lipinski definition) is 3. The Kier molecular flexibility index (Phi) is 4.48. The maximum absolute atomic E-state index is 12.8. The number of carbonyl (C=O) groups is 1. The van der Waals surface area contributed by atoms with E-state index in [0.29, 0.717) is 12.4 Å². The van der Waals surface area contributed by atoms with Crippen LogP contribution in [0.2, 0.25) is 0 Å². The first-order chi connectivity index (χ1) is 12.3. The molecule has 0 atom stereocenters. The highest BCUT2D eigenvalue weighted by molar-refractivity contribution is 7.09. The van der Waals surface area contributed by atoms with E-state index in [1.807, 2.05) is 29.7 Å². The zero-order valence-corrected chi connectivity index (χ0v) is 14.6. The number of benzene rings is 1. The molecule has 0 bridgehead atoms. The van der Waals surface area contributed by atoms with E-state index >= 15 is 0 Å². The minimum absolute atomic E-state index is 0.0573. The molecule has 0 saturated heterocycles. The van der Waals surface area contributed by atoms with Crippen molar-refractivity contribution in [1.29, 1.82) is 0 Å². The Morgan fingerprint density at radius 3 is 2.96 bits per heavy atom.